The maximum absolute atomic E-state index is 12.2. The second-order valence-electron chi connectivity index (χ2n) is 6.32. The topological polar surface area (TPSA) is 89.1 Å². The highest BCUT2D eigenvalue weighted by molar-refractivity contribution is 5.89. The molecular formula is C20H26N2O5. The van der Waals surface area contributed by atoms with E-state index in [2.05, 4.69) is 10.6 Å². The number of hydrogen-bond donors (Lipinski definition) is 3. The molecule has 0 heterocycles. The van der Waals surface area contributed by atoms with E-state index in [4.69, 9.17) is 14.2 Å². The van der Waals surface area contributed by atoms with Gasteiger partial charge in [-0.15, -0.1) is 0 Å². The van der Waals surface area contributed by atoms with Crippen LogP contribution in [0.5, 0.6) is 17.2 Å². The van der Waals surface area contributed by atoms with Crippen LogP contribution in [-0.2, 0) is 4.74 Å². The zero-order chi connectivity index (χ0) is 19.7. The van der Waals surface area contributed by atoms with Crippen molar-refractivity contribution in [3.63, 3.8) is 0 Å². The van der Waals surface area contributed by atoms with Gasteiger partial charge in [0.1, 0.15) is 5.75 Å². The second kappa shape index (κ2) is 9.80. The third-order valence-corrected chi connectivity index (χ3v) is 3.95. The van der Waals surface area contributed by atoms with Crippen molar-refractivity contribution < 1.29 is 24.1 Å². The van der Waals surface area contributed by atoms with E-state index >= 15 is 0 Å². The molecule has 0 aliphatic heterocycles. The number of amides is 2. The van der Waals surface area contributed by atoms with Gasteiger partial charge in [-0.05, 0) is 49.7 Å². The molecule has 0 saturated carbocycles. The van der Waals surface area contributed by atoms with E-state index in [1.54, 1.807) is 38.5 Å². The summed E-state index contributed by atoms with van der Waals surface area (Å²) in [4.78, 5) is 12.2. The third kappa shape index (κ3) is 6.16. The number of benzene rings is 2. The molecule has 0 bridgehead atoms. The maximum atomic E-state index is 12.2. The molecule has 0 aromatic heterocycles. The van der Waals surface area contributed by atoms with Crippen LogP contribution in [0.3, 0.4) is 0 Å². The first-order valence-electron chi connectivity index (χ1n) is 8.59. The number of carbonyl (C=O) groups is 1. The molecule has 0 fully saturated rings. The monoisotopic (exact) mass is 374 g/mol. The summed E-state index contributed by atoms with van der Waals surface area (Å²) in [7, 11) is 3.14. The summed E-state index contributed by atoms with van der Waals surface area (Å²) in [6.07, 6.45) is 0.389. The molecule has 7 heteroatoms. The van der Waals surface area contributed by atoms with Crippen LogP contribution in [-0.4, -0.2) is 44.1 Å². The van der Waals surface area contributed by atoms with Gasteiger partial charge in [0.05, 0.1) is 19.3 Å². The van der Waals surface area contributed by atoms with Crippen molar-refractivity contribution in [1.82, 2.24) is 5.32 Å². The number of methoxy groups -OCH3 is 2. The summed E-state index contributed by atoms with van der Waals surface area (Å²) >= 11 is 0. The molecule has 0 spiro atoms. The van der Waals surface area contributed by atoms with Crippen molar-refractivity contribution >= 4 is 11.7 Å². The van der Waals surface area contributed by atoms with Crippen molar-refractivity contribution in [2.45, 2.75) is 18.9 Å². The lowest BCUT2D eigenvalue weighted by molar-refractivity contribution is 0.104. The SMILES string of the molecule is COC[C@@](C)(CCO)NC(=O)Nc1ccc(Oc2ccccc2OC)cc1. The molecule has 0 aliphatic rings. The summed E-state index contributed by atoms with van der Waals surface area (Å²) in [6.45, 7) is 2.07. The van der Waals surface area contributed by atoms with Gasteiger partial charge in [0.2, 0.25) is 0 Å². The lowest BCUT2D eigenvalue weighted by atomic mass is 10.00. The minimum atomic E-state index is -0.652. The molecule has 0 aliphatic carbocycles. The average Bonchev–Trinajstić information content (AvgIpc) is 2.64. The largest absolute Gasteiger partial charge is 0.493 e. The molecule has 146 valence electrons. The Morgan fingerprint density at radius 1 is 1.07 bits per heavy atom. The van der Waals surface area contributed by atoms with Crippen LogP contribution < -0.4 is 20.1 Å². The van der Waals surface area contributed by atoms with Gasteiger partial charge in [-0.2, -0.15) is 0 Å². The fraction of sp³-hybridized carbons (Fsp3) is 0.350. The van der Waals surface area contributed by atoms with Crippen molar-refractivity contribution in [3.05, 3.63) is 48.5 Å². The standard InChI is InChI=1S/C20H26N2O5/c1-20(12-13-23,14-25-2)22-19(24)21-15-8-10-16(11-9-15)27-18-7-5-4-6-17(18)26-3/h4-11,23H,12-14H2,1-3H3,(H2,21,22,24)/t20-/m1/s1. The van der Waals surface area contributed by atoms with E-state index in [0.717, 1.165) is 0 Å². The first-order chi connectivity index (χ1) is 13.0. The highest BCUT2D eigenvalue weighted by Gasteiger charge is 2.25. The number of rotatable bonds is 9. The van der Waals surface area contributed by atoms with Crippen LogP contribution in [0, 0.1) is 0 Å². The molecular weight excluding hydrogens is 348 g/mol. The first-order valence-corrected chi connectivity index (χ1v) is 8.59. The number of aliphatic hydroxyl groups is 1. The number of anilines is 1. The molecule has 3 N–H and O–H groups in total. The van der Waals surface area contributed by atoms with Gasteiger partial charge in [0, 0.05) is 19.4 Å². The molecule has 2 aromatic rings. The first kappa shape index (κ1) is 20.5. The zero-order valence-corrected chi connectivity index (χ0v) is 15.8. The van der Waals surface area contributed by atoms with Crippen molar-refractivity contribution in [1.29, 1.82) is 0 Å². The molecule has 27 heavy (non-hydrogen) atoms. The lowest BCUT2D eigenvalue weighted by Gasteiger charge is -2.29. The third-order valence-electron chi connectivity index (χ3n) is 3.95. The van der Waals surface area contributed by atoms with Crippen LogP contribution in [0.15, 0.2) is 48.5 Å². The average molecular weight is 374 g/mol. The molecule has 0 radical (unpaired) electrons. The Labute approximate surface area is 159 Å². The number of hydrogen-bond acceptors (Lipinski definition) is 5. The number of urea groups is 1. The van der Waals surface area contributed by atoms with E-state index in [-0.39, 0.29) is 12.6 Å². The minimum Gasteiger partial charge on any atom is -0.493 e. The number of carbonyl (C=O) groups excluding carboxylic acids is 1. The molecule has 7 nitrogen and oxygen atoms in total. The summed E-state index contributed by atoms with van der Waals surface area (Å²) in [5.74, 6) is 1.87. The van der Waals surface area contributed by atoms with Gasteiger partial charge in [-0.1, -0.05) is 12.1 Å². The van der Waals surface area contributed by atoms with Gasteiger partial charge in [0.15, 0.2) is 11.5 Å². The Hall–Kier alpha value is -2.77. The number of para-hydroxylation sites is 2. The predicted molar refractivity (Wildman–Crippen MR) is 104 cm³/mol. The summed E-state index contributed by atoms with van der Waals surface area (Å²) in [6, 6.07) is 14.0. The van der Waals surface area contributed by atoms with Crippen LogP contribution in [0.1, 0.15) is 13.3 Å². The van der Waals surface area contributed by atoms with E-state index in [0.29, 0.717) is 36.0 Å². The quantitative estimate of drug-likeness (QED) is 0.626. The van der Waals surface area contributed by atoms with Gasteiger partial charge in [-0.25, -0.2) is 4.79 Å². The smallest absolute Gasteiger partial charge is 0.319 e. The second-order valence-corrected chi connectivity index (χ2v) is 6.32. The molecule has 0 saturated heterocycles. The van der Waals surface area contributed by atoms with E-state index < -0.39 is 5.54 Å². The van der Waals surface area contributed by atoms with Gasteiger partial charge in [0.25, 0.3) is 0 Å². The number of aliphatic hydroxyl groups excluding tert-OH is 1. The van der Waals surface area contributed by atoms with E-state index in [9.17, 15) is 9.90 Å². The zero-order valence-electron chi connectivity index (χ0n) is 15.8. The number of nitrogens with one attached hydrogen (secondary N) is 2. The van der Waals surface area contributed by atoms with Gasteiger partial charge >= 0.3 is 6.03 Å². The molecule has 2 rings (SSSR count). The van der Waals surface area contributed by atoms with Crippen LogP contribution in [0.25, 0.3) is 0 Å². The Balaban J connectivity index is 1.97. The fourth-order valence-corrected chi connectivity index (χ4v) is 2.61. The van der Waals surface area contributed by atoms with Gasteiger partial charge in [-0.3, -0.25) is 0 Å². The summed E-state index contributed by atoms with van der Waals surface area (Å²) in [5.41, 5.74) is -0.0378. The highest BCUT2D eigenvalue weighted by Crippen LogP contribution is 2.31. The van der Waals surface area contributed by atoms with E-state index in [1.165, 1.54) is 0 Å². The predicted octanol–water partition coefficient (Wildman–Crippen LogP) is 3.40. The van der Waals surface area contributed by atoms with Crippen molar-refractivity contribution in [3.8, 4) is 17.2 Å². The lowest BCUT2D eigenvalue weighted by Crippen LogP contribution is -2.51. The molecule has 1 atom stereocenters. The Morgan fingerprint density at radius 3 is 2.33 bits per heavy atom. The van der Waals surface area contributed by atoms with Crippen LogP contribution in [0.2, 0.25) is 0 Å². The number of ether oxygens (including phenoxy) is 3. The van der Waals surface area contributed by atoms with Crippen molar-refractivity contribution in [2.75, 3.05) is 32.8 Å². The molecule has 2 amide bonds. The Morgan fingerprint density at radius 2 is 1.74 bits per heavy atom. The van der Waals surface area contributed by atoms with Crippen molar-refractivity contribution in [2.24, 2.45) is 0 Å². The summed E-state index contributed by atoms with van der Waals surface area (Å²) < 4.78 is 16.2. The fourth-order valence-electron chi connectivity index (χ4n) is 2.61. The maximum Gasteiger partial charge on any atom is 0.319 e. The Kier molecular flexibility index (Phi) is 7.45. The minimum absolute atomic E-state index is 0.0465. The normalized spacial score (nSPS) is 12.7. The Bertz CT molecular complexity index is 727. The molecule has 2 aromatic carbocycles. The van der Waals surface area contributed by atoms with Crippen LogP contribution >= 0.6 is 0 Å². The highest BCUT2D eigenvalue weighted by atomic mass is 16.5. The van der Waals surface area contributed by atoms with E-state index in [1.807, 2.05) is 31.2 Å². The summed E-state index contributed by atoms with van der Waals surface area (Å²) in [5, 5.41) is 14.8. The van der Waals surface area contributed by atoms with Gasteiger partial charge < -0.3 is 30.0 Å². The molecule has 0 unspecified atom stereocenters. The van der Waals surface area contributed by atoms with Crippen LogP contribution in [0.4, 0.5) is 10.5 Å².